The quantitative estimate of drug-likeness (QED) is 0.411. The molecule has 0 bridgehead atoms. The van der Waals surface area contributed by atoms with Crippen molar-refractivity contribution in [2.75, 3.05) is 13.7 Å². The van der Waals surface area contributed by atoms with Gasteiger partial charge in [0.25, 0.3) is 0 Å². The van der Waals surface area contributed by atoms with Crippen LogP contribution in [0.5, 0.6) is 0 Å². The first-order valence-corrected chi connectivity index (χ1v) is 3.96. The largest absolute Gasteiger partial charge is 0.385 e. The maximum Gasteiger partial charge on any atom is 0.0608 e. The molecule has 0 N–H and O–H groups in total. The molecule has 0 aromatic rings. The summed E-state index contributed by atoms with van der Waals surface area (Å²) in [6, 6.07) is 0. The third-order valence-corrected chi connectivity index (χ3v) is 1.94. The van der Waals surface area contributed by atoms with Crippen molar-refractivity contribution < 1.29 is 4.74 Å². The lowest BCUT2D eigenvalue weighted by Gasteiger charge is -2.41. The summed E-state index contributed by atoms with van der Waals surface area (Å²) >= 11 is 0. The fourth-order valence-electron chi connectivity index (χ4n) is 0.778. The monoisotopic (exact) mass is 156 g/mol. The molecule has 0 unspecified atom stereocenters. The standard InChI is InChI=1S/C7H12B4O/c1-6(8,9)7(10,11)4-3-5-12-2/h3-5H2,1-2H3. The topological polar surface area (TPSA) is 9.23 Å². The van der Waals surface area contributed by atoms with E-state index in [0.717, 1.165) is 6.42 Å². The van der Waals surface area contributed by atoms with E-state index in [9.17, 15) is 0 Å². The average Bonchev–Trinajstić information content (AvgIpc) is 1.85. The first kappa shape index (κ1) is 12.2. The third-order valence-electron chi connectivity index (χ3n) is 1.94. The summed E-state index contributed by atoms with van der Waals surface area (Å²) in [6.45, 7) is 2.23. The molecule has 0 saturated carbocycles. The van der Waals surface area contributed by atoms with Crippen molar-refractivity contribution in [1.29, 1.82) is 0 Å². The molecule has 0 spiro atoms. The SMILES string of the molecule is [B]C([B])(C)C([B])([B])CCCOC. The Morgan fingerprint density at radius 1 is 1.17 bits per heavy atom. The normalized spacial score (nSPS) is 13.2. The zero-order chi connectivity index (χ0) is 9.83. The molecule has 0 fully saturated rings. The summed E-state index contributed by atoms with van der Waals surface area (Å²) < 4.78 is 4.86. The molecule has 0 aromatic carbocycles. The van der Waals surface area contributed by atoms with E-state index < -0.39 is 10.4 Å². The second kappa shape index (κ2) is 4.45. The fraction of sp³-hybridized carbons (Fsp3) is 1.00. The minimum atomic E-state index is -1.05. The highest BCUT2D eigenvalue weighted by atomic mass is 16.5. The molecule has 0 aliphatic carbocycles. The number of methoxy groups -OCH3 is 1. The lowest BCUT2D eigenvalue weighted by Crippen LogP contribution is -2.30. The Morgan fingerprint density at radius 2 is 1.67 bits per heavy atom. The number of hydrogen-bond donors (Lipinski definition) is 0. The summed E-state index contributed by atoms with van der Waals surface area (Å²) in [5.74, 6) is 0. The van der Waals surface area contributed by atoms with Crippen molar-refractivity contribution in [2.24, 2.45) is 0 Å². The first-order chi connectivity index (χ1) is 5.31. The van der Waals surface area contributed by atoms with E-state index in [1.165, 1.54) is 0 Å². The van der Waals surface area contributed by atoms with Gasteiger partial charge in [-0.15, -0.1) is 10.4 Å². The van der Waals surface area contributed by atoms with Gasteiger partial charge in [-0.3, -0.25) is 0 Å². The van der Waals surface area contributed by atoms with Gasteiger partial charge < -0.3 is 4.74 Å². The van der Waals surface area contributed by atoms with Crippen LogP contribution in [0.3, 0.4) is 0 Å². The molecule has 8 radical (unpaired) electrons. The van der Waals surface area contributed by atoms with E-state index in [-0.39, 0.29) is 0 Å². The van der Waals surface area contributed by atoms with Crippen molar-refractivity contribution in [3.63, 3.8) is 0 Å². The van der Waals surface area contributed by atoms with Gasteiger partial charge >= 0.3 is 0 Å². The molecule has 0 amide bonds. The van der Waals surface area contributed by atoms with Gasteiger partial charge in [0, 0.05) is 13.7 Å². The summed E-state index contributed by atoms with van der Waals surface area (Å²) in [7, 11) is 24.2. The van der Waals surface area contributed by atoms with E-state index in [1.54, 1.807) is 14.0 Å². The maximum absolute atomic E-state index is 5.71. The van der Waals surface area contributed by atoms with Crippen molar-refractivity contribution in [3.05, 3.63) is 0 Å². The second-order valence-corrected chi connectivity index (χ2v) is 3.42. The van der Waals surface area contributed by atoms with Crippen LogP contribution in [-0.4, -0.2) is 45.1 Å². The van der Waals surface area contributed by atoms with Crippen LogP contribution < -0.4 is 0 Å². The Bertz CT molecular complexity index is 130. The molecule has 0 heterocycles. The summed E-state index contributed by atoms with van der Waals surface area (Å²) in [4.78, 5) is 0. The van der Waals surface area contributed by atoms with Crippen LogP contribution in [0.2, 0.25) is 10.4 Å². The van der Waals surface area contributed by atoms with Crippen molar-refractivity contribution in [3.8, 4) is 0 Å². The van der Waals surface area contributed by atoms with Gasteiger partial charge in [-0.25, -0.2) is 0 Å². The maximum atomic E-state index is 5.71. The second-order valence-electron chi connectivity index (χ2n) is 3.42. The summed E-state index contributed by atoms with van der Waals surface area (Å²) in [6.07, 6.45) is 1.30. The highest BCUT2D eigenvalue weighted by molar-refractivity contribution is 6.53. The van der Waals surface area contributed by atoms with Crippen LogP contribution in [0.1, 0.15) is 19.8 Å². The summed E-state index contributed by atoms with van der Waals surface area (Å²) in [5.41, 5.74) is 0. The first-order valence-electron chi connectivity index (χ1n) is 3.96. The molecule has 0 aliphatic heterocycles. The Hall–Kier alpha value is 0.220. The number of hydrogen-bond acceptors (Lipinski definition) is 1. The van der Waals surface area contributed by atoms with E-state index >= 15 is 0 Å². The fourth-order valence-corrected chi connectivity index (χ4v) is 0.778. The number of rotatable bonds is 5. The molecule has 1 nitrogen and oxygen atoms in total. The van der Waals surface area contributed by atoms with Crippen LogP contribution >= 0.6 is 0 Å². The van der Waals surface area contributed by atoms with Gasteiger partial charge in [-0.05, 0) is 6.42 Å². The lowest BCUT2D eigenvalue weighted by molar-refractivity contribution is 0.190. The molecular weight excluding hydrogens is 143 g/mol. The van der Waals surface area contributed by atoms with Gasteiger partial charge in [-0.1, -0.05) is 13.3 Å². The molecule has 0 aromatic heterocycles. The van der Waals surface area contributed by atoms with Gasteiger partial charge in [0.1, 0.15) is 0 Å². The minimum absolute atomic E-state index is 0.546. The van der Waals surface area contributed by atoms with E-state index in [1.807, 2.05) is 0 Å². The zero-order valence-corrected chi connectivity index (χ0v) is 7.84. The molecule has 58 valence electrons. The van der Waals surface area contributed by atoms with Gasteiger partial charge in [0.2, 0.25) is 0 Å². The highest BCUT2D eigenvalue weighted by Gasteiger charge is 2.29. The van der Waals surface area contributed by atoms with Crippen LogP contribution in [-0.2, 0) is 4.74 Å². The molecule has 5 heteroatoms. The van der Waals surface area contributed by atoms with Gasteiger partial charge in [0.05, 0.1) is 31.4 Å². The Balaban J connectivity index is 3.88. The van der Waals surface area contributed by atoms with E-state index in [0.29, 0.717) is 13.0 Å². The summed E-state index contributed by atoms with van der Waals surface area (Å²) in [5, 5.41) is -2.09. The van der Waals surface area contributed by atoms with Crippen molar-refractivity contribution in [2.45, 2.75) is 30.2 Å². The van der Waals surface area contributed by atoms with Crippen LogP contribution in [0.4, 0.5) is 0 Å². The molecule has 0 aliphatic rings. The van der Waals surface area contributed by atoms with E-state index in [2.05, 4.69) is 0 Å². The Kier molecular flexibility index (Phi) is 4.54. The Morgan fingerprint density at radius 3 is 2.00 bits per heavy atom. The number of ether oxygens (including phenoxy) is 1. The predicted octanol–water partition coefficient (Wildman–Crippen LogP) is 0.339. The van der Waals surface area contributed by atoms with Crippen LogP contribution in [0, 0.1) is 0 Å². The smallest absolute Gasteiger partial charge is 0.0608 e. The Labute approximate surface area is 80.6 Å². The van der Waals surface area contributed by atoms with Gasteiger partial charge in [0.15, 0.2) is 0 Å². The molecule has 0 rings (SSSR count). The third kappa shape index (κ3) is 3.75. The average molecular weight is 155 g/mol. The minimum Gasteiger partial charge on any atom is -0.385 e. The van der Waals surface area contributed by atoms with Crippen molar-refractivity contribution in [1.82, 2.24) is 0 Å². The van der Waals surface area contributed by atoms with Crippen LogP contribution in [0.15, 0.2) is 0 Å². The van der Waals surface area contributed by atoms with Gasteiger partial charge in [-0.2, -0.15) is 0 Å². The van der Waals surface area contributed by atoms with Crippen molar-refractivity contribution >= 4 is 31.4 Å². The van der Waals surface area contributed by atoms with E-state index in [4.69, 9.17) is 36.1 Å². The van der Waals surface area contributed by atoms with Crippen LogP contribution in [0.25, 0.3) is 0 Å². The molecule has 12 heavy (non-hydrogen) atoms. The molecule has 0 atom stereocenters. The molecular formula is C7H12B4O. The molecule has 0 saturated heterocycles. The lowest BCUT2D eigenvalue weighted by atomic mass is 9.29. The highest BCUT2D eigenvalue weighted by Crippen LogP contribution is 2.44. The zero-order valence-electron chi connectivity index (χ0n) is 7.84. The predicted molar refractivity (Wildman–Crippen MR) is 55.2 cm³/mol.